The zero-order valence-electron chi connectivity index (χ0n) is 13.5. The highest BCUT2D eigenvalue weighted by Gasteiger charge is 2.12. The van der Waals surface area contributed by atoms with Gasteiger partial charge in [-0.3, -0.25) is 4.98 Å². The van der Waals surface area contributed by atoms with E-state index in [4.69, 9.17) is 9.15 Å². The van der Waals surface area contributed by atoms with Crippen LogP contribution in [0, 0.1) is 6.92 Å². The lowest BCUT2D eigenvalue weighted by Crippen LogP contribution is -2.08. The van der Waals surface area contributed by atoms with E-state index in [0.717, 1.165) is 5.56 Å². The third kappa shape index (κ3) is 3.12. The molecule has 0 aliphatic carbocycles. The number of oxazole rings is 1. The minimum Gasteiger partial charge on any atom is -0.435 e. The molecule has 0 radical (unpaired) electrons. The summed E-state index contributed by atoms with van der Waals surface area (Å²) < 4.78 is 11.2. The third-order valence-corrected chi connectivity index (χ3v) is 3.74. The lowest BCUT2D eigenvalue weighted by Gasteiger charge is -2.04. The van der Waals surface area contributed by atoms with Gasteiger partial charge in [-0.05, 0) is 43.3 Å². The van der Waals surface area contributed by atoms with Gasteiger partial charge in [0.15, 0.2) is 5.58 Å². The molecular weight excluding hydrogens is 316 g/mol. The van der Waals surface area contributed by atoms with Gasteiger partial charge in [-0.2, -0.15) is 0 Å². The van der Waals surface area contributed by atoms with Gasteiger partial charge in [0.05, 0.1) is 5.56 Å². The smallest absolute Gasteiger partial charge is 0.343 e. The maximum absolute atomic E-state index is 12.2. The van der Waals surface area contributed by atoms with Crippen LogP contribution in [0.15, 0.2) is 71.3 Å². The predicted octanol–water partition coefficient (Wildman–Crippen LogP) is 4.42. The molecule has 0 spiro atoms. The van der Waals surface area contributed by atoms with Crippen LogP contribution >= 0.6 is 0 Å². The van der Waals surface area contributed by atoms with E-state index >= 15 is 0 Å². The molecule has 0 atom stereocenters. The number of pyridine rings is 1. The molecule has 25 heavy (non-hydrogen) atoms. The Morgan fingerprint density at radius 3 is 2.64 bits per heavy atom. The second kappa shape index (κ2) is 6.20. The first-order valence-electron chi connectivity index (χ1n) is 7.80. The van der Waals surface area contributed by atoms with Gasteiger partial charge in [-0.15, -0.1) is 0 Å². The molecule has 2 aromatic carbocycles. The average molecular weight is 330 g/mol. The van der Waals surface area contributed by atoms with E-state index in [0.29, 0.717) is 34.0 Å². The Morgan fingerprint density at radius 1 is 1.04 bits per heavy atom. The Balaban J connectivity index is 1.61. The highest BCUT2D eigenvalue weighted by molar-refractivity contribution is 5.91. The van der Waals surface area contributed by atoms with Crippen molar-refractivity contribution in [1.29, 1.82) is 0 Å². The fourth-order valence-electron chi connectivity index (χ4n) is 2.42. The molecule has 4 aromatic rings. The molecule has 5 nitrogen and oxygen atoms in total. The van der Waals surface area contributed by atoms with Crippen molar-refractivity contribution in [3.8, 4) is 17.3 Å². The first-order valence-corrected chi connectivity index (χ1v) is 7.80. The quantitative estimate of drug-likeness (QED) is 0.411. The number of hydrogen-bond donors (Lipinski definition) is 0. The van der Waals surface area contributed by atoms with Crippen LogP contribution in [0.3, 0.4) is 0 Å². The number of carbonyl (C=O) groups is 1. The monoisotopic (exact) mass is 330 g/mol. The van der Waals surface area contributed by atoms with Gasteiger partial charge >= 0.3 is 5.97 Å². The number of carbonyl (C=O) groups excluding carboxylic acids is 1. The number of hydrogen-bond acceptors (Lipinski definition) is 5. The summed E-state index contributed by atoms with van der Waals surface area (Å²) in [6.07, 6.45) is 1.68. The van der Waals surface area contributed by atoms with Crippen LogP contribution in [0.5, 0.6) is 5.75 Å². The maximum atomic E-state index is 12.2. The van der Waals surface area contributed by atoms with Crippen molar-refractivity contribution in [2.45, 2.75) is 6.92 Å². The molecule has 0 fully saturated rings. The molecule has 122 valence electrons. The standard InChI is InChI=1S/C20H14N2O3/c1-13-5-7-14(8-6-13)20(23)24-15-9-10-16-18(12-15)25-19(22-16)17-4-2-3-11-21-17/h2-12H,1H3. The van der Waals surface area contributed by atoms with E-state index in [2.05, 4.69) is 9.97 Å². The molecule has 0 aliphatic heterocycles. The maximum Gasteiger partial charge on any atom is 0.343 e. The molecule has 0 saturated heterocycles. The molecule has 0 amide bonds. The molecule has 0 N–H and O–H groups in total. The first kappa shape index (κ1) is 15.1. The summed E-state index contributed by atoms with van der Waals surface area (Å²) in [6.45, 7) is 1.96. The van der Waals surface area contributed by atoms with Gasteiger partial charge in [0, 0.05) is 12.3 Å². The summed E-state index contributed by atoms with van der Waals surface area (Å²) in [5.74, 6) is 0.420. The summed E-state index contributed by atoms with van der Waals surface area (Å²) >= 11 is 0. The highest BCUT2D eigenvalue weighted by atomic mass is 16.5. The zero-order chi connectivity index (χ0) is 17.2. The van der Waals surface area contributed by atoms with E-state index in [-0.39, 0.29) is 0 Å². The second-order valence-corrected chi connectivity index (χ2v) is 5.62. The van der Waals surface area contributed by atoms with Crippen LogP contribution < -0.4 is 4.74 Å². The van der Waals surface area contributed by atoms with Crippen LogP contribution in [0.25, 0.3) is 22.7 Å². The van der Waals surface area contributed by atoms with E-state index in [9.17, 15) is 4.79 Å². The summed E-state index contributed by atoms with van der Waals surface area (Å²) in [6, 6.07) is 17.8. The number of nitrogens with zero attached hydrogens (tertiary/aromatic N) is 2. The van der Waals surface area contributed by atoms with Crippen LogP contribution in [0.1, 0.15) is 15.9 Å². The van der Waals surface area contributed by atoms with Crippen LogP contribution in [-0.2, 0) is 0 Å². The largest absolute Gasteiger partial charge is 0.435 e. The number of aryl methyl sites for hydroxylation is 1. The lowest BCUT2D eigenvalue weighted by molar-refractivity contribution is 0.0735. The molecule has 5 heteroatoms. The van der Waals surface area contributed by atoms with E-state index in [1.54, 1.807) is 36.5 Å². The van der Waals surface area contributed by atoms with E-state index in [1.165, 1.54) is 0 Å². The van der Waals surface area contributed by atoms with Crippen molar-refractivity contribution < 1.29 is 13.9 Å². The molecule has 0 unspecified atom stereocenters. The zero-order valence-corrected chi connectivity index (χ0v) is 13.5. The van der Waals surface area contributed by atoms with Gasteiger partial charge in [0.25, 0.3) is 0 Å². The lowest BCUT2D eigenvalue weighted by atomic mass is 10.1. The van der Waals surface area contributed by atoms with E-state index in [1.807, 2.05) is 37.3 Å². The summed E-state index contributed by atoms with van der Waals surface area (Å²) in [4.78, 5) is 20.8. The van der Waals surface area contributed by atoms with Gasteiger partial charge < -0.3 is 9.15 Å². The van der Waals surface area contributed by atoms with Gasteiger partial charge in [-0.1, -0.05) is 23.8 Å². The predicted molar refractivity (Wildman–Crippen MR) is 93.4 cm³/mol. The Morgan fingerprint density at radius 2 is 1.88 bits per heavy atom. The molecule has 2 heterocycles. The second-order valence-electron chi connectivity index (χ2n) is 5.62. The Labute approximate surface area is 143 Å². The van der Waals surface area contributed by atoms with Crippen molar-refractivity contribution in [3.63, 3.8) is 0 Å². The summed E-state index contributed by atoms with van der Waals surface area (Å²) in [7, 11) is 0. The number of ether oxygens (including phenoxy) is 1. The van der Waals surface area contributed by atoms with Crippen LogP contribution in [0.2, 0.25) is 0 Å². The average Bonchev–Trinajstić information content (AvgIpc) is 3.06. The van der Waals surface area contributed by atoms with Crippen molar-refractivity contribution >= 4 is 17.1 Å². The SMILES string of the molecule is Cc1ccc(C(=O)Oc2ccc3nc(-c4ccccn4)oc3c2)cc1. The number of esters is 1. The number of aromatic nitrogens is 2. The summed E-state index contributed by atoms with van der Waals surface area (Å²) in [5.41, 5.74) is 3.45. The molecule has 0 aliphatic rings. The van der Waals surface area contributed by atoms with Crippen molar-refractivity contribution in [2.24, 2.45) is 0 Å². The third-order valence-electron chi connectivity index (χ3n) is 3.74. The van der Waals surface area contributed by atoms with Crippen molar-refractivity contribution in [1.82, 2.24) is 9.97 Å². The first-order chi connectivity index (χ1) is 12.2. The van der Waals surface area contributed by atoms with Crippen molar-refractivity contribution in [2.75, 3.05) is 0 Å². The number of rotatable bonds is 3. The minimum atomic E-state index is -0.413. The van der Waals surface area contributed by atoms with Crippen LogP contribution in [-0.4, -0.2) is 15.9 Å². The number of fused-ring (bicyclic) bond motifs is 1. The summed E-state index contributed by atoms with van der Waals surface area (Å²) in [5, 5.41) is 0. The van der Waals surface area contributed by atoms with Crippen LogP contribution in [0.4, 0.5) is 0 Å². The fourth-order valence-corrected chi connectivity index (χ4v) is 2.42. The fraction of sp³-hybridized carbons (Fsp3) is 0.0500. The molecule has 0 bridgehead atoms. The number of benzene rings is 2. The Kier molecular flexibility index (Phi) is 3.74. The Hall–Kier alpha value is -3.47. The highest BCUT2D eigenvalue weighted by Crippen LogP contribution is 2.26. The van der Waals surface area contributed by atoms with Crippen molar-refractivity contribution in [3.05, 3.63) is 78.0 Å². The van der Waals surface area contributed by atoms with E-state index < -0.39 is 5.97 Å². The topological polar surface area (TPSA) is 65.2 Å². The Bertz CT molecular complexity index is 1040. The minimum absolute atomic E-state index is 0.404. The molecular formula is C20H14N2O3. The molecule has 0 saturated carbocycles. The van der Waals surface area contributed by atoms with Gasteiger partial charge in [-0.25, -0.2) is 9.78 Å². The van der Waals surface area contributed by atoms with Gasteiger partial charge in [0.2, 0.25) is 5.89 Å². The van der Waals surface area contributed by atoms with Gasteiger partial charge in [0.1, 0.15) is 17.0 Å². The molecule has 2 aromatic heterocycles. The molecule has 4 rings (SSSR count). The normalized spacial score (nSPS) is 10.8.